The second kappa shape index (κ2) is 9.91. The Morgan fingerprint density at radius 2 is 1.67 bits per heavy atom. The van der Waals surface area contributed by atoms with Gasteiger partial charge in [0, 0.05) is 48.1 Å². The van der Waals surface area contributed by atoms with Gasteiger partial charge in [-0.2, -0.15) is 0 Å². The van der Waals surface area contributed by atoms with Gasteiger partial charge >= 0.3 is 0 Å². The third-order valence-corrected chi connectivity index (χ3v) is 6.24. The summed E-state index contributed by atoms with van der Waals surface area (Å²) >= 11 is 1.35. The summed E-state index contributed by atoms with van der Waals surface area (Å²) in [6.45, 7) is 2.40. The second-order valence-electron chi connectivity index (χ2n) is 7.86. The Kier molecular flexibility index (Phi) is 6.79. The Hall–Kier alpha value is -3.59. The smallest absolute Gasteiger partial charge is 0.253 e. The third-order valence-electron chi connectivity index (χ3n) is 5.48. The lowest BCUT2D eigenvalue weighted by atomic mass is 9.95. The van der Waals surface area contributed by atoms with Gasteiger partial charge in [-0.05, 0) is 49.2 Å². The quantitative estimate of drug-likeness (QED) is 0.583. The highest BCUT2D eigenvalue weighted by molar-refractivity contribution is 7.14. The van der Waals surface area contributed by atoms with Crippen molar-refractivity contribution in [2.24, 2.45) is 5.92 Å². The van der Waals surface area contributed by atoms with E-state index in [1.54, 1.807) is 17.0 Å². The summed E-state index contributed by atoms with van der Waals surface area (Å²) in [5.41, 5.74) is 2.77. The van der Waals surface area contributed by atoms with E-state index >= 15 is 0 Å². The van der Waals surface area contributed by atoms with E-state index in [9.17, 15) is 18.8 Å². The van der Waals surface area contributed by atoms with Crippen molar-refractivity contribution >= 4 is 39.9 Å². The first-order chi connectivity index (χ1) is 15.9. The van der Waals surface area contributed by atoms with Crippen LogP contribution in [0, 0.1) is 11.7 Å². The van der Waals surface area contributed by atoms with Crippen molar-refractivity contribution in [3.63, 3.8) is 0 Å². The minimum Gasteiger partial charge on any atom is -0.339 e. The Labute approximate surface area is 194 Å². The largest absolute Gasteiger partial charge is 0.339 e. The maximum atomic E-state index is 13.1. The van der Waals surface area contributed by atoms with Gasteiger partial charge < -0.3 is 15.5 Å². The van der Waals surface area contributed by atoms with Crippen LogP contribution in [-0.4, -0.2) is 40.7 Å². The molecule has 170 valence electrons. The minimum absolute atomic E-state index is 0.106. The topological polar surface area (TPSA) is 91.4 Å². The minimum atomic E-state index is -0.380. The number of piperidine rings is 1. The zero-order chi connectivity index (χ0) is 23.4. The Bertz CT molecular complexity index is 1150. The number of halogens is 1. The van der Waals surface area contributed by atoms with Gasteiger partial charge in [0.05, 0.1) is 5.69 Å². The van der Waals surface area contributed by atoms with E-state index in [0.29, 0.717) is 42.3 Å². The van der Waals surface area contributed by atoms with E-state index in [-0.39, 0.29) is 29.5 Å². The van der Waals surface area contributed by atoms with Crippen molar-refractivity contribution in [1.29, 1.82) is 0 Å². The number of anilines is 2. The number of nitrogens with one attached hydrogen (secondary N) is 2. The number of carbonyl (C=O) groups is 3. The molecule has 9 heteroatoms. The van der Waals surface area contributed by atoms with E-state index in [1.807, 2.05) is 17.5 Å². The highest BCUT2D eigenvalue weighted by atomic mass is 32.1. The molecule has 2 heterocycles. The molecule has 3 amide bonds. The highest BCUT2D eigenvalue weighted by Gasteiger charge is 2.28. The van der Waals surface area contributed by atoms with Gasteiger partial charge in [-0.15, -0.1) is 11.3 Å². The predicted octanol–water partition coefficient (Wildman–Crippen LogP) is 4.40. The molecule has 4 rings (SSSR count). The maximum absolute atomic E-state index is 13.1. The van der Waals surface area contributed by atoms with Crippen molar-refractivity contribution in [2.75, 3.05) is 23.7 Å². The number of thiazole rings is 1. The van der Waals surface area contributed by atoms with E-state index in [4.69, 9.17) is 0 Å². The number of nitrogens with zero attached hydrogens (tertiary/aromatic N) is 2. The van der Waals surface area contributed by atoms with Gasteiger partial charge in [0.2, 0.25) is 11.8 Å². The first-order valence-electron chi connectivity index (χ1n) is 10.6. The molecule has 1 saturated heterocycles. The Morgan fingerprint density at radius 3 is 2.30 bits per heavy atom. The zero-order valence-corrected chi connectivity index (χ0v) is 18.8. The van der Waals surface area contributed by atoms with E-state index in [1.165, 1.54) is 42.5 Å². The van der Waals surface area contributed by atoms with Crippen LogP contribution in [0.4, 0.5) is 15.2 Å². The molecular weight excluding hydrogens is 443 g/mol. The summed E-state index contributed by atoms with van der Waals surface area (Å²) in [5.74, 6) is -0.971. The van der Waals surface area contributed by atoms with Gasteiger partial charge in [-0.3, -0.25) is 14.4 Å². The molecule has 3 aromatic rings. The van der Waals surface area contributed by atoms with Crippen molar-refractivity contribution in [3.8, 4) is 11.3 Å². The van der Waals surface area contributed by atoms with E-state index in [0.717, 1.165) is 11.3 Å². The van der Waals surface area contributed by atoms with Crippen molar-refractivity contribution in [3.05, 3.63) is 65.3 Å². The third kappa shape index (κ3) is 5.61. The summed E-state index contributed by atoms with van der Waals surface area (Å²) in [6.07, 6.45) is 1.11. The van der Waals surface area contributed by atoms with Gasteiger partial charge in [0.1, 0.15) is 5.82 Å². The summed E-state index contributed by atoms with van der Waals surface area (Å²) < 4.78 is 13.1. The SMILES string of the molecule is CC(=O)Nc1ccc(-c2csc(NC(=O)C3CCN(C(=O)c4ccc(F)cc4)CC3)n2)cc1. The van der Waals surface area contributed by atoms with Crippen LogP contribution in [0.1, 0.15) is 30.1 Å². The number of rotatable bonds is 5. The van der Waals surface area contributed by atoms with E-state index < -0.39 is 0 Å². The second-order valence-corrected chi connectivity index (χ2v) is 8.72. The molecule has 0 unspecified atom stereocenters. The van der Waals surface area contributed by atoms with Crippen LogP contribution < -0.4 is 10.6 Å². The first kappa shape index (κ1) is 22.6. The van der Waals surface area contributed by atoms with Crippen LogP contribution in [0.3, 0.4) is 0 Å². The molecule has 2 aromatic carbocycles. The van der Waals surface area contributed by atoms with E-state index in [2.05, 4.69) is 15.6 Å². The zero-order valence-electron chi connectivity index (χ0n) is 18.0. The average Bonchev–Trinajstić information content (AvgIpc) is 3.28. The van der Waals surface area contributed by atoms with Gasteiger partial charge in [-0.25, -0.2) is 9.37 Å². The van der Waals surface area contributed by atoms with Crippen LogP contribution in [0.2, 0.25) is 0 Å². The molecule has 1 aromatic heterocycles. The van der Waals surface area contributed by atoms with Crippen molar-refractivity contribution < 1.29 is 18.8 Å². The lowest BCUT2D eigenvalue weighted by Gasteiger charge is -2.31. The maximum Gasteiger partial charge on any atom is 0.253 e. The summed E-state index contributed by atoms with van der Waals surface area (Å²) in [7, 11) is 0. The fraction of sp³-hybridized carbons (Fsp3) is 0.250. The summed E-state index contributed by atoms with van der Waals surface area (Å²) in [6, 6.07) is 12.8. The lowest BCUT2D eigenvalue weighted by Crippen LogP contribution is -2.41. The first-order valence-corrected chi connectivity index (χ1v) is 11.5. The molecule has 7 nitrogen and oxygen atoms in total. The number of amides is 3. The summed E-state index contributed by atoms with van der Waals surface area (Å²) in [4.78, 5) is 42.6. The lowest BCUT2D eigenvalue weighted by molar-refractivity contribution is -0.121. The standard InChI is InChI=1S/C24H23FN4O3S/c1-15(30)26-20-8-4-16(5-9-20)21-14-33-24(27-21)28-22(31)17-10-12-29(13-11-17)23(32)18-2-6-19(25)7-3-18/h2-9,14,17H,10-13H2,1H3,(H,26,30)(H,27,28,31). The van der Waals surface area contributed by atoms with Gasteiger partial charge in [0.15, 0.2) is 5.13 Å². The number of benzene rings is 2. The molecule has 0 radical (unpaired) electrons. The van der Waals surface area contributed by atoms with Crippen LogP contribution in [0.25, 0.3) is 11.3 Å². The molecule has 0 bridgehead atoms. The molecule has 0 atom stereocenters. The Balaban J connectivity index is 1.30. The van der Waals surface area contributed by atoms with Crippen molar-refractivity contribution in [2.45, 2.75) is 19.8 Å². The fourth-order valence-corrected chi connectivity index (χ4v) is 4.44. The predicted molar refractivity (Wildman–Crippen MR) is 126 cm³/mol. The molecule has 0 aliphatic carbocycles. The summed E-state index contributed by atoms with van der Waals surface area (Å²) in [5, 5.41) is 7.99. The average molecular weight is 467 g/mol. The number of hydrogen-bond donors (Lipinski definition) is 2. The normalized spacial score (nSPS) is 14.1. The van der Waals surface area contributed by atoms with Crippen LogP contribution in [0.15, 0.2) is 53.9 Å². The van der Waals surface area contributed by atoms with Crippen LogP contribution in [0.5, 0.6) is 0 Å². The monoisotopic (exact) mass is 466 g/mol. The number of likely N-dealkylation sites (tertiary alicyclic amines) is 1. The Morgan fingerprint density at radius 1 is 1.00 bits per heavy atom. The molecule has 0 saturated carbocycles. The highest BCUT2D eigenvalue weighted by Crippen LogP contribution is 2.27. The molecule has 1 fully saturated rings. The van der Waals surface area contributed by atoms with Gasteiger partial charge in [-0.1, -0.05) is 12.1 Å². The molecule has 0 spiro atoms. The molecular formula is C24H23FN4O3S. The number of aromatic nitrogens is 1. The molecule has 33 heavy (non-hydrogen) atoms. The molecule has 2 N–H and O–H groups in total. The number of hydrogen-bond acceptors (Lipinski definition) is 5. The molecule has 1 aliphatic heterocycles. The molecule has 1 aliphatic rings. The van der Waals surface area contributed by atoms with Crippen LogP contribution in [-0.2, 0) is 9.59 Å². The van der Waals surface area contributed by atoms with Gasteiger partial charge in [0.25, 0.3) is 5.91 Å². The number of carbonyl (C=O) groups excluding carboxylic acids is 3. The van der Waals surface area contributed by atoms with Crippen LogP contribution >= 0.6 is 11.3 Å². The van der Waals surface area contributed by atoms with Crippen molar-refractivity contribution in [1.82, 2.24) is 9.88 Å². The fourth-order valence-electron chi connectivity index (χ4n) is 3.72.